The van der Waals surface area contributed by atoms with E-state index in [2.05, 4.69) is 38.5 Å². The molecule has 0 heterocycles. The van der Waals surface area contributed by atoms with Gasteiger partial charge >= 0.3 is 23.9 Å². The minimum atomic E-state index is -1.18. The molecule has 260 valence electrons. The maximum atomic E-state index is 13.1. The summed E-state index contributed by atoms with van der Waals surface area (Å²) in [5.74, 6) is -2.18. The zero-order chi connectivity index (χ0) is 35.3. The van der Waals surface area contributed by atoms with E-state index in [0.29, 0.717) is 25.8 Å². The molecular formula is C33H53IN4O8. The summed E-state index contributed by atoms with van der Waals surface area (Å²) in [4.78, 5) is 63.8. The number of carbonyl (C=O) groups excluding carboxylic acids is 5. The molecule has 0 fully saturated rings. The average Bonchev–Trinajstić information content (AvgIpc) is 2.88. The molecule has 0 bridgehead atoms. The van der Waals surface area contributed by atoms with Crippen molar-refractivity contribution in [3.8, 4) is 0 Å². The van der Waals surface area contributed by atoms with Gasteiger partial charge in [0.15, 0.2) is 0 Å². The number of nitrogens with one attached hydrogen (secondary N) is 3. The van der Waals surface area contributed by atoms with Crippen molar-refractivity contribution in [1.82, 2.24) is 16.0 Å². The van der Waals surface area contributed by atoms with Gasteiger partial charge in [-0.05, 0) is 129 Å². The molecular weight excluding hydrogens is 707 g/mol. The first-order chi connectivity index (χ1) is 21.1. The highest BCUT2D eigenvalue weighted by atomic mass is 127. The Labute approximate surface area is 287 Å². The van der Waals surface area contributed by atoms with Crippen molar-refractivity contribution in [3.63, 3.8) is 0 Å². The molecule has 1 aromatic carbocycles. The van der Waals surface area contributed by atoms with E-state index in [0.717, 1.165) is 9.13 Å². The minimum Gasteiger partial charge on any atom is -0.460 e. The van der Waals surface area contributed by atoms with E-state index in [1.807, 2.05) is 24.3 Å². The van der Waals surface area contributed by atoms with Crippen LogP contribution in [-0.4, -0.2) is 71.3 Å². The Morgan fingerprint density at radius 2 is 1.26 bits per heavy atom. The fourth-order valence-electron chi connectivity index (χ4n) is 4.07. The van der Waals surface area contributed by atoms with E-state index in [-0.39, 0.29) is 25.2 Å². The highest BCUT2D eigenvalue weighted by Gasteiger charge is 2.31. The average molecular weight is 761 g/mol. The SMILES string of the molecule is CC(C)(C)OC(=O)CCC(NC(=O)NC(CCCCNC(=O)C(N)Cc1ccccc1I)C(=O)OC(C)(C)C)C(=O)OC(C)(C)C. The molecule has 3 amide bonds. The van der Waals surface area contributed by atoms with Crippen molar-refractivity contribution >= 4 is 52.4 Å². The van der Waals surface area contributed by atoms with Crippen LogP contribution in [0.4, 0.5) is 4.79 Å². The van der Waals surface area contributed by atoms with Gasteiger partial charge < -0.3 is 35.9 Å². The van der Waals surface area contributed by atoms with Crippen molar-refractivity contribution in [2.45, 2.75) is 136 Å². The highest BCUT2D eigenvalue weighted by molar-refractivity contribution is 14.1. The number of halogens is 1. The molecule has 0 aliphatic rings. The third-order valence-corrected chi connectivity index (χ3v) is 7.06. The second-order valence-corrected chi connectivity index (χ2v) is 15.3. The number of unbranched alkanes of at least 4 members (excludes halogenated alkanes) is 1. The molecule has 5 N–H and O–H groups in total. The molecule has 13 heteroatoms. The predicted molar refractivity (Wildman–Crippen MR) is 184 cm³/mol. The summed E-state index contributed by atoms with van der Waals surface area (Å²) in [6.07, 6.45) is 1.38. The number of benzene rings is 1. The molecule has 46 heavy (non-hydrogen) atoms. The van der Waals surface area contributed by atoms with Crippen LogP contribution in [0.3, 0.4) is 0 Å². The largest absolute Gasteiger partial charge is 0.460 e. The van der Waals surface area contributed by atoms with Gasteiger partial charge in [0.2, 0.25) is 5.91 Å². The van der Waals surface area contributed by atoms with Gasteiger partial charge in [0.1, 0.15) is 28.9 Å². The number of hydrogen-bond acceptors (Lipinski definition) is 9. The number of urea groups is 1. The molecule has 1 aromatic rings. The van der Waals surface area contributed by atoms with Crippen LogP contribution in [-0.2, 0) is 39.8 Å². The molecule has 12 nitrogen and oxygen atoms in total. The number of nitrogens with two attached hydrogens (primary N) is 1. The topological polar surface area (TPSA) is 175 Å². The van der Waals surface area contributed by atoms with Gasteiger partial charge in [-0.1, -0.05) is 18.2 Å². The van der Waals surface area contributed by atoms with E-state index in [1.54, 1.807) is 62.3 Å². The third kappa shape index (κ3) is 18.3. The van der Waals surface area contributed by atoms with Crippen molar-refractivity contribution in [2.24, 2.45) is 5.73 Å². The molecule has 0 aromatic heterocycles. The van der Waals surface area contributed by atoms with E-state index in [9.17, 15) is 24.0 Å². The van der Waals surface area contributed by atoms with Crippen LogP contribution >= 0.6 is 22.6 Å². The van der Waals surface area contributed by atoms with Crippen LogP contribution in [0.15, 0.2) is 24.3 Å². The van der Waals surface area contributed by atoms with Gasteiger partial charge in [0.05, 0.1) is 6.04 Å². The van der Waals surface area contributed by atoms with Crippen LogP contribution in [0.2, 0.25) is 0 Å². The summed E-state index contributed by atoms with van der Waals surface area (Å²) in [6.45, 7) is 15.7. The van der Waals surface area contributed by atoms with Gasteiger partial charge in [-0.15, -0.1) is 0 Å². The van der Waals surface area contributed by atoms with Crippen molar-refractivity contribution in [1.29, 1.82) is 0 Å². The highest BCUT2D eigenvalue weighted by Crippen LogP contribution is 2.16. The number of amides is 3. The van der Waals surface area contributed by atoms with E-state index in [4.69, 9.17) is 19.9 Å². The summed E-state index contributed by atoms with van der Waals surface area (Å²) >= 11 is 2.21. The zero-order valence-electron chi connectivity index (χ0n) is 28.7. The van der Waals surface area contributed by atoms with Crippen LogP contribution in [0.1, 0.15) is 100.0 Å². The van der Waals surface area contributed by atoms with Gasteiger partial charge in [0.25, 0.3) is 0 Å². The van der Waals surface area contributed by atoms with Crippen LogP contribution in [0, 0.1) is 3.57 Å². The van der Waals surface area contributed by atoms with E-state index < -0.39 is 58.9 Å². The first-order valence-corrected chi connectivity index (χ1v) is 16.7. The Morgan fingerprint density at radius 3 is 1.76 bits per heavy atom. The molecule has 0 saturated heterocycles. The first-order valence-electron chi connectivity index (χ1n) is 15.6. The van der Waals surface area contributed by atoms with Crippen molar-refractivity contribution in [2.75, 3.05) is 6.54 Å². The van der Waals surface area contributed by atoms with Crippen molar-refractivity contribution in [3.05, 3.63) is 33.4 Å². The monoisotopic (exact) mass is 760 g/mol. The molecule has 0 aliphatic carbocycles. The van der Waals surface area contributed by atoms with Crippen LogP contribution in [0.25, 0.3) is 0 Å². The number of rotatable bonds is 15. The molecule has 0 aliphatic heterocycles. The maximum Gasteiger partial charge on any atom is 0.329 e. The molecule has 0 spiro atoms. The summed E-state index contributed by atoms with van der Waals surface area (Å²) in [7, 11) is 0. The quantitative estimate of drug-likeness (QED) is 0.0880. The molecule has 1 rings (SSSR count). The van der Waals surface area contributed by atoms with Gasteiger partial charge in [-0.2, -0.15) is 0 Å². The van der Waals surface area contributed by atoms with Crippen molar-refractivity contribution < 1.29 is 38.2 Å². The Bertz CT molecular complexity index is 1190. The lowest BCUT2D eigenvalue weighted by atomic mass is 10.1. The molecule has 3 atom stereocenters. The maximum absolute atomic E-state index is 13.1. The first kappa shape index (κ1) is 41.1. The summed E-state index contributed by atoms with van der Waals surface area (Å²) in [6, 6.07) is 4.00. The summed E-state index contributed by atoms with van der Waals surface area (Å²) < 4.78 is 17.3. The summed E-state index contributed by atoms with van der Waals surface area (Å²) in [5, 5.41) is 7.98. The number of esters is 3. The fraction of sp³-hybridized carbons (Fsp3) is 0.667. The van der Waals surface area contributed by atoms with Crippen LogP contribution in [0.5, 0.6) is 0 Å². The van der Waals surface area contributed by atoms with Crippen LogP contribution < -0.4 is 21.7 Å². The Balaban J connectivity index is 2.82. The second-order valence-electron chi connectivity index (χ2n) is 14.1. The molecule has 3 unspecified atom stereocenters. The zero-order valence-corrected chi connectivity index (χ0v) is 30.9. The number of carbonyl (C=O) groups is 5. The number of ether oxygens (including phenoxy) is 3. The lowest BCUT2D eigenvalue weighted by Gasteiger charge is -2.27. The Kier molecular flexibility index (Phi) is 16.4. The normalized spacial score (nSPS) is 13.9. The minimum absolute atomic E-state index is 0.0698. The van der Waals surface area contributed by atoms with E-state index in [1.165, 1.54) is 0 Å². The lowest BCUT2D eigenvalue weighted by molar-refractivity contribution is -0.159. The molecule has 0 saturated carbocycles. The van der Waals surface area contributed by atoms with Gasteiger partial charge in [-0.3, -0.25) is 9.59 Å². The lowest BCUT2D eigenvalue weighted by Crippen LogP contribution is -2.53. The number of hydrogen-bond donors (Lipinski definition) is 4. The Hall–Kier alpha value is -2.94. The fourth-order valence-corrected chi connectivity index (χ4v) is 4.67. The third-order valence-electron chi connectivity index (χ3n) is 6.00. The summed E-state index contributed by atoms with van der Waals surface area (Å²) in [5.41, 5.74) is 4.75. The second kappa shape index (κ2) is 18.4. The van der Waals surface area contributed by atoms with Gasteiger partial charge in [-0.25, -0.2) is 14.4 Å². The predicted octanol–water partition coefficient (Wildman–Crippen LogP) is 4.29. The standard InChI is InChI=1S/C33H53IN4O8/c1-31(2,3)44-26(39)18-17-25(29(42)46-33(7,8)9)38-30(43)37-24(28(41)45-32(4,5)6)16-12-13-19-36-27(40)23(35)20-21-14-10-11-15-22(21)34/h10-11,14-15,23-25H,12-13,16-20,35H2,1-9H3,(H,36,40)(H2,37,38,43). The smallest absolute Gasteiger partial charge is 0.329 e. The Morgan fingerprint density at radius 1 is 0.761 bits per heavy atom. The molecule has 0 radical (unpaired) electrons. The van der Waals surface area contributed by atoms with Gasteiger partial charge in [0, 0.05) is 16.5 Å². The van der Waals surface area contributed by atoms with E-state index >= 15 is 0 Å².